The highest BCUT2D eigenvalue weighted by molar-refractivity contribution is 7.13. The smallest absolute Gasteiger partial charge is 0.265 e. The van der Waals surface area contributed by atoms with Crippen molar-refractivity contribution in [1.29, 1.82) is 0 Å². The molecule has 1 saturated heterocycles. The number of nitrogens with zero attached hydrogens (tertiary/aromatic N) is 2. The number of amides is 1. The van der Waals surface area contributed by atoms with E-state index in [1.807, 2.05) is 18.7 Å². The van der Waals surface area contributed by atoms with Crippen LogP contribution in [0.15, 0.2) is 30.3 Å². The molecule has 1 aliphatic heterocycles. The zero-order chi connectivity index (χ0) is 16.0. The predicted octanol–water partition coefficient (Wildman–Crippen LogP) is 3.96. The molecule has 2 aliphatic rings. The van der Waals surface area contributed by atoms with Gasteiger partial charge in [0.05, 0.1) is 10.7 Å². The Balaban J connectivity index is 1.53. The normalized spacial score (nSPS) is 18.4. The number of aryl methyl sites for hydroxylation is 2. The SMILES string of the molecule is Cc1nc(C)c(C(=O)N2CCC3(C=Cc4ccccc43)CC2)s1. The first-order chi connectivity index (χ1) is 11.1. The van der Waals surface area contributed by atoms with Crippen LogP contribution in [0.4, 0.5) is 0 Å². The Labute approximate surface area is 140 Å². The third kappa shape index (κ3) is 2.32. The zero-order valence-electron chi connectivity index (χ0n) is 13.5. The van der Waals surface area contributed by atoms with Crippen molar-refractivity contribution >= 4 is 23.3 Å². The van der Waals surface area contributed by atoms with Crippen LogP contribution in [0.25, 0.3) is 6.08 Å². The molecular formula is C19H20N2OS. The number of hydrogen-bond acceptors (Lipinski definition) is 3. The fourth-order valence-corrected chi connectivity index (χ4v) is 4.74. The van der Waals surface area contributed by atoms with Crippen LogP contribution >= 0.6 is 11.3 Å². The molecule has 1 aliphatic carbocycles. The van der Waals surface area contributed by atoms with E-state index in [2.05, 4.69) is 41.4 Å². The third-order valence-corrected chi connectivity index (χ3v) is 6.18. The molecule has 1 aromatic heterocycles. The van der Waals surface area contributed by atoms with Crippen LogP contribution in [0.2, 0.25) is 0 Å². The number of hydrogen-bond donors (Lipinski definition) is 0. The molecule has 0 N–H and O–H groups in total. The molecule has 0 saturated carbocycles. The van der Waals surface area contributed by atoms with E-state index in [9.17, 15) is 4.79 Å². The number of benzene rings is 1. The number of thiazole rings is 1. The summed E-state index contributed by atoms with van der Waals surface area (Å²) < 4.78 is 0. The molecule has 3 nitrogen and oxygen atoms in total. The van der Waals surface area contributed by atoms with E-state index in [4.69, 9.17) is 0 Å². The van der Waals surface area contributed by atoms with Gasteiger partial charge < -0.3 is 4.90 Å². The van der Waals surface area contributed by atoms with Gasteiger partial charge >= 0.3 is 0 Å². The van der Waals surface area contributed by atoms with E-state index in [1.165, 1.54) is 22.5 Å². The Kier molecular flexibility index (Phi) is 3.38. The topological polar surface area (TPSA) is 33.2 Å². The lowest BCUT2D eigenvalue weighted by Gasteiger charge is -2.39. The van der Waals surface area contributed by atoms with Crippen LogP contribution in [-0.2, 0) is 5.41 Å². The van der Waals surface area contributed by atoms with Crippen molar-refractivity contribution in [3.8, 4) is 0 Å². The van der Waals surface area contributed by atoms with Crippen molar-refractivity contribution in [3.05, 3.63) is 57.0 Å². The highest BCUT2D eigenvalue weighted by atomic mass is 32.1. The van der Waals surface area contributed by atoms with Gasteiger partial charge in [-0.25, -0.2) is 4.98 Å². The first-order valence-electron chi connectivity index (χ1n) is 8.11. The molecule has 0 unspecified atom stereocenters. The summed E-state index contributed by atoms with van der Waals surface area (Å²) in [5, 5.41) is 0.965. The molecule has 1 aromatic carbocycles. The van der Waals surface area contributed by atoms with Crippen LogP contribution in [0.5, 0.6) is 0 Å². The van der Waals surface area contributed by atoms with E-state index in [-0.39, 0.29) is 11.3 Å². The molecule has 2 aromatic rings. The molecule has 2 heterocycles. The maximum Gasteiger partial charge on any atom is 0.265 e. The molecule has 1 fully saturated rings. The molecule has 1 spiro atoms. The van der Waals surface area contributed by atoms with E-state index in [0.717, 1.165) is 41.5 Å². The standard InChI is InChI=1S/C19H20N2OS/c1-13-17(23-14(2)20-13)18(22)21-11-9-19(10-12-21)8-7-15-5-3-4-6-16(15)19/h3-8H,9-12H2,1-2H3. The summed E-state index contributed by atoms with van der Waals surface area (Å²) >= 11 is 1.51. The molecule has 0 bridgehead atoms. The highest BCUT2D eigenvalue weighted by Crippen LogP contribution is 2.43. The number of fused-ring (bicyclic) bond motifs is 2. The Bertz CT molecular complexity index is 797. The Morgan fingerprint density at radius 3 is 2.65 bits per heavy atom. The number of carbonyl (C=O) groups excluding carboxylic acids is 1. The van der Waals surface area contributed by atoms with E-state index in [0.29, 0.717) is 0 Å². The second kappa shape index (κ2) is 5.31. The lowest BCUT2D eigenvalue weighted by Crippen LogP contribution is -2.43. The van der Waals surface area contributed by atoms with Gasteiger partial charge in [0.15, 0.2) is 0 Å². The van der Waals surface area contributed by atoms with Gasteiger partial charge in [-0.3, -0.25) is 4.79 Å². The largest absolute Gasteiger partial charge is 0.338 e. The summed E-state index contributed by atoms with van der Waals surface area (Å²) in [6, 6.07) is 8.63. The highest BCUT2D eigenvalue weighted by Gasteiger charge is 2.39. The van der Waals surface area contributed by atoms with Crippen LogP contribution in [0, 0.1) is 13.8 Å². The van der Waals surface area contributed by atoms with Gasteiger partial charge in [-0.15, -0.1) is 11.3 Å². The Morgan fingerprint density at radius 2 is 1.96 bits per heavy atom. The average molecular weight is 324 g/mol. The van der Waals surface area contributed by atoms with Crippen molar-refractivity contribution in [3.63, 3.8) is 0 Å². The van der Waals surface area contributed by atoms with Crippen LogP contribution in [0.3, 0.4) is 0 Å². The number of allylic oxidation sites excluding steroid dienone is 1. The summed E-state index contributed by atoms with van der Waals surface area (Å²) in [6.45, 7) is 5.51. The fourth-order valence-electron chi connectivity index (χ4n) is 3.85. The molecule has 4 heteroatoms. The van der Waals surface area contributed by atoms with Crippen molar-refractivity contribution in [2.45, 2.75) is 32.1 Å². The number of likely N-dealkylation sites (tertiary alicyclic amines) is 1. The quantitative estimate of drug-likeness (QED) is 0.795. The Morgan fingerprint density at radius 1 is 1.22 bits per heavy atom. The lowest BCUT2D eigenvalue weighted by atomic mass is 9.74. The van der Waals surface area contributed by atoms with Crippen LogP contribution < -0.4 is 0 Å². The van der Waals surface area contributed by atoms with Gasteiger partial charge in [0.2, 0.25) is 0 Å². The van der Waals surface area contributed by atoms with Gasteiger partial charge in [-0.1, -0.05) is 36.4 Å². The van der Waals surface area contributed by atoms with Crippen molar-refractivity contribution in [1.82, 2.24) is 9.88 Å². The fraction of sp³-hybridized carbons (Fsp3) is 0.368. The maximum atomic E-state index is 12.8. The minimum atomic E-state index is 0.131. The minimum Gasteiger partial charge on any atom is -0.338 e. The first-order valence-corrected chi connectivity index (χ1v) is 8.93. The number of carbonyl (C=O) groups is 1. The summed E-state index contributed by atoms with van der Waals surface area (Å²) in [5.74, 6) is 0.151. The van der Waals surface area contributed by atoms with Crippen molar-refractivity contribution in [2.24, 2.45) is 0 Å². The molecule has 23 heavy (non-hydrogen) atoms. The Hall–Kier alpha value is -1.94. The van der Waals surface area contributed by atoms with Gasteiger partial charge in [0.1, 0.15) is 4.88 Å². The van der Waals surface area contributed by atoms with Gasteiger partial charge in [-0.2, -0.15) is 0 Å². The van der Waals surface area contributed by atoms with Gasteiger partial charge in [-0.05, 0) is 37.8 Å². The second-order valence-corrected chi connectivity index (χ2v) is 7.72. The molecular weight excluding hydrogens is 304 g/mol. The van der Waals surface area contributed by atoms with E-state index < -0.39 is 0 Å². The van der Waals surface area contributed by atoms with Gasteiger partial charge in [0.25, 0.3) is 5.91 Å². The molecule has 4 rings (SSSR count). The molecule has 0 radical (unpaired) electrons. The van der Waals surface area contributed by atoms with E-state index >= 15 is 0 Å². The van der Waals surface area contributed by atoms with E-state index in [1.54, 1.807) is 0 Å². The summed E-state index contributed by atoms with van der Waals surface area (Å²) in [4.78, 5) is 20.0. The van der Waals surface area contributed by atoms with Gasteiger partial charge in [0, 0.05) is 18.5 Å². The number of rotatable bonds is 1. The number of aromatic nitrogens is 1. The maximum absolute atomic E-state index is 12.8. The zero-order valence-corrected chi connectivity index (χ0v) is 14.3. The minimum absolute atomic E-state index is 0.131. The first kappa shape index (κ1) is 14.6. The molecule has 118 valence electrons. The van der Waals surface area contributed by atoms with Crippen molar-refractivity contribution in [2.75, 3.05) is 13.1 Å². The predicted molar refractivity (Wildman–Crippen MR) is 93.9 cm³/mol. The summed E-state index contributed by atoms with van der Waals surface area (Å²) in [6.07, 6.45) is 6.59. The second-order valence-electron chi connectivity index (χ2n) is 6.52. The van der Waals surface area contributed by atoms with Crippen LogP contribution in [0.1, 0.15) is 44.3 Å². The third-order valence-electron chi connectivity index (χ3n) is 5.12. The lowest BCUT2D eigenvalue weighted by molar-refractivity contribution is 0.0694. The summed E-state index contributed by atoms with van der Waals surface area (Å²) in [5.41, 5.74) is 3.76. The van der Waals surface area contributed by atoms with Crippen molar-refractivity contribution < 1.29 is 4.79 Å². The number of piperidine rings is 1. The molecule has 0 atom stereocenters. The molecule has 1 amide bonds. The monoisotopic (exact) mass is 324 g/mol. The summed E-state index contributed by atoms with van der Waals surface area (Å²) in [7, 11) is 0. The van der Waals surface area contributed by atoms with Crippen LogP contribution in [-0.4, -0.2) is 28.9 Å². The average Bonchev–Trinajstić information content (AvgIpc) is 3.09.